The fraction of sp³-hybridized carbons (Fsp3) is 0.462. The minimum Gasteiger partial charge on any atom is -0.399 e. The van der Waals surface area contributed by atoms with Crippen LogP contribution in [0.25, 0.3) is 0 Å². The molecule has 3 N–H and O–H groups in total. The molecule has 0 atom stereocenters. The van der Waals surface area contributed by atoms with E-state index in [-0.39, 0.29) is 5.91 Å². The smallest absolute Gasteiger partial charge is 0.225 e. The Morgan fingerprint density at radius 3 is 2.83 bits per heavy atom. The number of nitrogen functional groups attached to an aromatic ring is 1. The van der Waals surface area contributed by atoms with E-state index in [1.54, 1.807) is 30.0 Å². The highest BCUT2D eigenvalue weighted by Crippen LogP contribution is 2.24. The van der Waals surface area contributed by atoms with Crippen molar-refractivity contribution in [2.75, 3.05) is 22.6 Å². The van der Waals surface area contributed by atoms with Crippen LogP contribution in [0.2, 0.25) is 5.02 Å². The molecule has 0 radical (unpaired) electrons. The highest BCUT2D eigenvalue weighted by molar-refractivity contribution is 7.99. The molecule has 0 aromatic heterocycles. The molecule has 1 aromatic carbocycles. The molecule has 0 aliphatic carbocycles. The summed E-state index contributed by atoms with van der Waals surface area (Å²) in [4.78, 5) is 11.7. The van der Waals surface area contributed by atoms with E-state index >= 15 is 0 Å². The number of carbonyl (C=O) groups excluding carboxylic acids is 1. The van der Waals surface area contributed by atoms with Crippen molar-refractivity contribution in [1.82, 2.24) is 0 Å². The monoisotopic (exact) mass is 286 g/mol. The molecule has 1 amide bonds. The fourth-order valence-electron chi connectivity index (χ4n) is 1.33. The number of anilines is 2. The summed E-state index contributed by atoms with van der Waals surface area (Å²) in [5, 5.41) is 3.26. The minimum absolute atomic E-state index is 0.0158. The zero-order chi connectivity index (χ0) is 13.5. The number of hydrogen-bond donors (Lipinski definition) is 2. The number of nitrogens with one attached hydrogen (secondary N) is 1. The normalized spacial score (nSPS) is 10.7. The van der Waals surface area contributed by atoms with E-state index in [9.17, 15) is 4.79 Å². The van der Waals surface area contributed by atoms with Gasteiger partial charge in [0.1, 0.15) is 0 Å². The molecule has 0 fully saturated rings. The Kier molecular flexibility index (Phi) is 6.36. The van der Waals surface area contributed by atoms with Crippen molar-refractivity contribution in [3.8, 4) is 0 Å². The molecule has 0 saturated heterocycles. The van der Waals surface area contributed by atoms with Crippen molar-refractivity contribution in [3.63, 3.8) is 0 Å². The lowest BCUT2D eigenvalue weighted by Crippen LogP contribution is -2.13. The first kappa shape index (κ1) is 15.2. The molecule has 0 unspecified atom stereocenters. The van der Waals surface area contributed by atoms with Crippen molar-refractivity contribution >= 4 is 40.6 Å². The molecular weight excluding hydrogens is 268 g/mol. The second-order valence-electron chi connectivity index (χ2n) is 4.51. The van der Waals surface area contributed by atoms with Gasteiger partial charge in [0.25, 0.3) is 0 Å². The van der Waals surface area contributed by atoms with Gasteiger partial charge < -0.3 is 11.1 Å². The molecule has 0 aliphatic heterocycles. The third-order valence-corrected chi connectivity index (χ3v) is 3.90. The van der Waals surface area contributed by atoms with Crippen LogP contribution in [0.3, 0.4) is 0 Å². The molecular formula is C13H19ClN2OS. The van der Waals surface area contributed by atoms with Crippen LogP contribution in [0.1, 0.15) is 20.3 Å². The first-order valence-corrected chi connectivity index (χ1v) is 7.45. The number of thioether (sulfide) groups is 1. The summed E-state index contributed by atoms with van der Waals surface area (Å²) in [6, 6.07) is 5.07. The summed E-state index contributed by atoms with van der Waals surface area (Å²) in [5.74, 6) is 2.55. The number of benzene rings is 1. The Bertz CT molecular complexity index is 410. The maximum atomic E-state index is 11.7. The topological polar surface area (TPSA) is 55.1 Å². The van der Waals surface area contributed by atoms with E-state index in [1.165, 1.54) is 0 Å². The third kappa shape index (κ3) is 5.65. The standard InChI is InChI=1S/C13H19ClN2OS/c1-9(2)8-18-6-5-13(17)16-12-4-3-10(15)7-11(12)14/h3-4,7,9H,5-6,8,15H2,1-2H3,(H,16,17). The van der Waals surface area contributed by atoms with Gasteiger partial charge in [-0.2, -0.15) is 11.8 Å². The average molecular weight is 287 g/mol. The fourth-order valence-corrected chi connectivity index (χ4v) is 2.53. The summed E-state index contributed by atoms with van der Waals surface area (Å²) in [6.45, 7) is 4.34. The zero-order valence-electron chi connectivity index (χ0n) is 10.7. The number of amides is 1. The first-order valence-electron chi connectivity index (χ1n) is 5.91. The Labute approximate surface area is 117 Å². The minimum atomic E-state index is -0.0158. The number of nitrogens with two attached hydrogens (primary N) is 1. The second-order valence-corrected chi connectivity index (χ2v) is 6.06. The molecule has 1 aromatic rings. The van der Waals surface area contributed by atoms with Gasteiger partial charge in [0, 0.05) is 17.9 Å². The van der Waals surface area contributed by atoms with E-state index in [1.807, 2.05) is 0 Å². The summed E-state index contributed by atoms with van der Waals surface area (Å²) < 4.78 is 0. The Balaban J connectivity index is 2.35. The van der Waals surface area contributed by atoms with E-state index < -0.39 is 0 Å². The summed E-state index contributed by atoms with van der Waals surface area (Å²) >= 11 is 7.77. The van der Waals surface area contributed by atoms with Gasteiger partial charge in [-0.1, -0.05) is 25.4 Å². The van der Waals surface area contributed by atoms with Crippen LogP contribution < -0.4 is 11.1 Å². The largest absolute Gasteiger partial charge is 0.399 e. The van der Waals surface area contributed by atoms with Crippen molar-refractivity contribution in [1.29, 1.82) is 0 Å². The predicted molar refractivity (Wildman–Crippen MR) is 81.3 cm³/mol. The van der Waals surface area contributed by atoms with Crippen molar-refractivity contribution in [2.45, 2.75) is 20.3 Å². The van der Waals surface area contributed by atoms with Crippen LogP contribution in [0, 0.1) is 5.92 Å². The van der Waals surface area contributed by atoms with Crippen LogP contribution in [0.4, 0.5) is 11.4 Å². The van der Waals surface area contributed by atoms with Crippen LogP contribution in [-0.4, -0.2) is 17.4 Å². The van der Waals surface area contributed by atoms with Crippen LogP contribution in [-0.2, 0) is 4.79 Å². The Hall–Kier alpha value is -0.870. The zero-order valence-corrected chi connectivity index (χ0v) is 12.3. The molecule has 100 valence electrons. The predicted octanol–water partition coefficient (Wildman–Crippen LogP) is 3.64. The van der Waals surface area contributed by atoms with Gasteiger partial charge in [0.2, 0.25) is 5.91 Å². The van der Waals surface area contributed by atoms with Crippen molar-refractivity contribution in [3.05, 3.63) is 23.2 Å². The summed E-state index contributed by atoms with van der Waals surface area (Å²) in [5.41, 5.74) is 6.79. The average Bonchev–Trinajstić information content (AvgIpc) is 2.28. The van der Waals surface area contributed by atoms with E-state index in [2.05, 4.69) is 19.2 Å². The quantitative estimate of drug-likeness (QED) is 0.620. The molecule has 1 rings (SSSR count). The van der Waals surface area contributed by atoms with Gasteiger partial charge in [-0.15, -0.1) is 0 Å². The number of carbonyl (C=O) groups is 1. The second kappa shape index (κ2) is 7.54. The maximum absolute atomic E-state index is 11.7. The van der Waals surface area contributed by atoms with E-state index in [0.717, 1.165) is 11.5 Å². The van der Waals surface area contributed by atoms with Crippen LogP contribution in [0.5, 0.6) is 0 Å². The molecule has 5 heteroatoms. The van der Waals surface area contributed by atoms with Gasteiger partial charge in [-0.3, -0.25) is 4.79 Å². The molecule has 0 heterocycles. The maximum Gasteiger partial charge on any atom is 0.225 e. The number of halogens is 1. The molecule has 0 aliphatic rings. The Morgan fingerprint density at radius 2 is 2.22 bits per heavy atom. The van der Waals surface area contributed by atoms with Crippen molar-refractivity contribution in [2.24, 2.45) is 5.92 Å². The first-order chi connectivity index (χ1) is 8.49. The van der Waals surface area contributed by atoms with Crippen LogP contribution in [0.15, 0.2) is 18.2 Å². The van der Waals surface area contributed by atoms with Gasteiger partial charge in [-0.25, -0.2) is 0 Å². The molecule has 0 spiro atoms. The van der Waals surface area contributed by atoms with Gasteiger partial charge in [0.05, 0.1) is 10.7 Å². The highest BCUT2D eigenvalue weighted by atomic mass is 35.5. The Morgan fingerprint density at radius 1 is 1.50 bits per heavy atom. The van der Waals surface area contributed by atoms with Crippen molar-refractivity contribution < 1.29 is 4.79 Å². The van der Waals surface area contributed by atoms with Gasteiger partial charge in [0.15, 0.2) is 0 Å². The summed E-state index contributed by atoms with van der Waals surface area (Å²) in [7, 11) is 0. The lowest BCUT2D eigenvalue weighted by Gasteiger charge is -2.08. The van der Waals surface area contributed by atoms with Gasteiger partial charge in [-0.05, 0) is 29.9 Å². The third-order valence-electron chi connectivity index (χ3n) is 2.19. The molecule has 3 nitrogen and oxygen atoms in total. The van der Waals surface area contributed by atoms with Gasteiger partial charge >= 0.3 is 0 Å². The lowest BCUT2D eigenvalue weighted by molar-refractivity contribution is -0.115. The molecule has 0 saturated carbocycles. The number of hydrogen-bond acceptors (Lipinski definition) is 3. The number of rotatable bonds is 6. The molecule has 0 bridgehead atoms. The van der Waals surface area contributed by atoms with E-state index in [0.29, 0.717) is 28.7 Å². The lowest BCUT2D eigenvalue weighted by atomic mass is 10.3. The van der Waals surface area contributed by atoms with Crippen LogP contribution >= 0.6 is 23.4 Å². The van der Waals surface area contributed by atoms with E-state index in [4.69, 9.17) is 17.3 Å². The summed E-state index contributed by atoms with van der Waals surface area (Å²) in [6.07, 6.45) is 0.498. The highest BCUT2D eigenvalue weighted by Gasteiger charge is 2.06. The SMILES string of the molecule is CC(C)CSCCC(=O)Nc1ccc(N)cc1Cl. The molecule has 18 heavy (non-hydrogen) atoms.